The van der Waals surface area contributed by atoms with Crippen LogP contribution < -0.4 is 0 Å². The molecule has 0 aromatic carbocycles. The van der Waals surface area contributed by atoms with Gasteiger partial charge < -0.3 is 0 Å². The first-order valence-corrected chi connectivity index (χ1v) is 25.3. The molecule has 2 heteroatoms. The van der Waals surface area contributed by atoms with Gasteiger partial charge in [0.25, 0.3) is 0 Å². The Morgan fingerprint density at radius 2 is 0.810 bits per heavy atom. The Morgan fingerprint density at radius 3 is 1.14 bits per heavy atom. The zero-order valence-corrected chi connectivity index (χ0v) is 31.0. The van der Waals surface area contributed by atoms with Crippen LogP contribution in [0.15, 0.2) is 70.1 Å². The third-order valence-corrected chi connectivity index (χ3v) is 15.6. The SMILES string of the molecule is CCCCCCC1=C([Si](C)(C)C)C2C=CC=CC1C2CCCCC1C2C=CC=CC1C([Si](C)(C)C)=C2CCCCCC. The zero-order valence-electron chi connectivity index (χ0n) is 29.0. The molecule has 42 heavy (non-hydrogen) atoms. The third kappa shape index (κ3) is 7.93. The first-order chi connectivity index (χ1) is 20.1. The Balaban J connectivity index is 1.43. The molecule has 6 unspecified atom stereocenters. The van der Waals surface area contributed by atoms with Crippen molar-refractivity contribution in [3.05, 3.63) is 70.1 Å². The van der Waals surface area contributed by atoms with Gasteiger partial charge in [0.1, 0.15) is 0 Å². The summed E-state index contributed by atoms with van der Waals surface area (Å²) in [6, 6.07) is 0. The van der Waals surface area contributed by atoms with Crippen molar-refractivity contribution in [1.29, 1.82) is 0 Å². The summed E-state index contributed by atoms with van der Waals surface area (Å²) < 4.78 is 0. The summed E-state index contributed by atoms with van der Waals surface area (Å²) in [6.07, 6.45) is 39.4. The highest BCUT2D eigenvalue weighted by Gasteiger charge is 2.46. The maximum absolute atomic E-state index is 2.62. The van der Waals surface area contributed by atoms with Crippen molar-refractivity contribution in [3.63, 3.8) is 0 Å². The topological polar surface area (TPSA) is 0 Å². The molecular formula is C40H66Si2. The molecule has 234 valence electrons. The van der Waals surface area contributed by atoms with E-state index in [1.165, 1.54) is 89.9 Å². The summed E-state index contributed by atoms with van der Waals surface area (Å²) in [4.78, 5) is 0. The Labute approximate surface area is 264 Å². The second-order valence-electron chi connectivity index (χ2n) is 16.3. The molecule has 0 aliphatic heterocycles. The number of rotatable bonds is 17. The molecule has 0 spiro atoms. The van der Waals surface area contributed by atoms with E-state index < -0.39 is 16.1 Å². The van der Waals surface area contributed by atoms with E-state index in [2.05, 4.69) is 102 Å². The van der Waals surface area contributed by atoms with Crippen LogP contribution in [0.1, 0.15) is 104 Å². The predicted octanol–water partition coefficient (Wildman–Crippen LogP) is 12.8. The van der Waals surface area contributed by atoms with E-state index in [9.17, 15) is 0 Å². The lowest BCUT2D eigenvalue weighted by Crippen LogP contribution is -2.29. The quantitative estimate of drug-likeness (QED) is 0.115. The first-order valence-electron chi connectivity index (χ1n) is 18.3. The van der Waals surface area contributed by atoms with Crippen LogP contribution in [-0.2, 0) is 0 Å². The van der Waals surface area contributed by atoms with Crippen LogP contribution in [-0.4, -0.2) is 16.1 Å². The minimum atomic E-state index is -1.37. The summed E-state index contributed by atoms with van der Waals surface area (Å²) in [5.41, 5.74) is 3.77. The van der Waals surface area contributed by atoms with Crippen LogP contribution in [0.3, 0.4) is 0 Å². The van der Waals surface area contributed by atoms with E-state index in [1.54, 1.807) is 0 Å². The van der Waals surface area contributed by atoms with E-state index in [-0.39, 0.29) is 0 Å². The van der Waals surface area contributed by atoms with E-state index in [1.807, 2.05) is 21.5 Å². The fourth-order valence-electron chi connectivity index (χ4n) is 9.44. The maximum Gasteiger partial charge on any atom is 0.0732 e. The smallest absolute Gasteiger partial charge is 0.0732 e. The summed E-state index contributed by atoms with van der Waals surface area (Å²) in [5, 5.41) is 3.87. The third-order valence-electron chi connectivity index (χ3n) is 11.0. The summed E-state index contributed by atoms with van der Waals surface area (Å²) in [6.45, 7) is 20.4. The van der Waals surface area contributed by atoms with Gasteiger partial charge in [0.2, 0.25) is 0 Å². The van der Waals surface area contributed by atoms with Gasteiger partial charge in [-0.3, -0.25) is 0 Å². The second-order valence-corrected chi connectivity index (χ2v) is 26.3. The Kier molecular flexibility index (Phi) is 12.3. The molecule has 0 aromatic heterocycles. The molecule has 0 saturated heterocycles. The fraction of sp³-hybridized carbons (Fsp3) is 0.700. The summed E-state index contributed by atoms with van der Waals surface area (Å²) >= 11 is 0. The van der Waals surface area contributed by atoms with Crippen molar-refractivity contribution in [3.8, 4) is 0 Å². The van der Waals surface area contributed by atoms with Crippen molar-refractivity contribution in [2.45, 2.75) is 143 Å². The number of unbranched alkanes of at least 4 members (excludes halogenated alkanes) is 7. The molecule has 4 aliphatic carbocycles. The molecule has 0 nitrogen and oxygen atoms in total. The lowest BCUT2D eigenvalue weighted by molar-refractivity contribution is 0.330. The normalized spacial score (nSPS) is 28.8. The number of hydrogen-bond acceptors (Lipinski definition) is 0. The molecular weight excluding hydrogens is 537 g/mol. The molecule has 0 N–H and O–H groups in total. The molecule has 6 atom stereocenters. The van der Waals surface area contributed by atoms with Crippen LogP contribution >= 0.6 is 0 Å². The van der Waals surface area contributed by atoms with Gasteiger partial charge in [-0.2, -0.15) is 0 Å². The summed E-state index contributed by atoms with van der Waals surface area (Å²) in [5.74, 6) is 4.41. The number of fused-ring (bicyclic) bond motifs is 4. The minimum Gasteiger partial charge on any atom is -0.0774 e. The molecule has 0 amide bonds. The van der Waals surface area contributed by atoms with Crippen LogP contribution in [0.2, 0.25) is 39.3 Å². The molecule has 4 bridgehead atoms. The van der Waals surface area contributed by atoms with E-state index in [0.29, 0.717) is 23.7 Å². The largest absolute Gasteiger partial charge is 0.0774 e. The Morgan fingerprint density at radius 1 is 0.452 bits per heavy atom. The maximum atomic E-state index is 2.62. The Bertz CT molecular complexity index is 980. The van der Waals surface area contributed by atoms with Crippen molar-refractivity contribution in [2.75, 3.05) is 0 Å². The lowest BCUT2D eigenvalue weighted by Gasteiger charge is -2.29. The van der Waals surface area contributed by atoms with Crippen LogP contribution in [0, 0.1) is 35.5 Å². The highest BCUT2D eigenvalue weighted by Crippen LogP contribution is 2.53. The molecule has 0 fully saturated rings. The number of hydrogen-bond donors (Lipinski definition) is 0. The number of allylic oxidation sites excluding steroid dienone is 12. The van der Waals surface area contributed by atoms with E-state index >= 15 is 0 Å². The van der Waals surface area contributed by atoms with E-state index in [4.69, 9.17) is 0 Å². The molecule has 0 aromatic rings. The molecule has 0 saturated carbocycles. The van der Waals surface area contributed by atoms with Crippen molar-refractivity contribution < 1.29 is 0 Å². The van der Waals surface area contributed by atoms with Gasteiger partial charge in [0.05, 0.1) is 16.1 Å². The highest BCUT2D eigenvalue weighted by atomic mass is 28.3. The van der Waals surface area contributed by atoms with Gasteiger partial charge in [0.15, 0.2) is 0 Å². The van der Waals surface area contributed by atoms with Crippen LogP contribution in [0.25, 0.3) is 0 Å². The first kappa shape index (κ1) is 33.8. The molecule has 0 heterocycles. The standard InChI is InChI=1S/C40H66Si2/c1-9-11-13-15-27-35-31-25-19-21-29-37(39(35)41(3,4)5)33(31)23-17-18-24-34-32-26-20-22-30-38(34)40(42(6,7)8)36(32)28-16-14-12-10-2/h19-22,25-26,29-34,37-38H,9-18,23-24,27-28H2,1-8H3. The predicted molar refractivity (Wildman–Crippen MR) is 194 cm³/mol. The molecule has 4 rings (SSSR count). The van der Waals surface area contributed by atoms with Crippen molar-refractivity contribution in [1.82, 2.24) is 0 Å². The monoisotopic (exact) mass is 602 g/mol. The van der Waals surface area contributed by atoms with Gasteiger partial charge in [-0.15, -0.1) is 0 Å². The fourth-order valence-corrected chi connectivity index (χ4v) is 14.6. The second kappa shape index (κ2) is 15.2. The summed E-state index contributed by atoms with van der Waals surface area (Å²) in [7, 11) is -2.74. The van der Waals surface area contributed by atoms with Gasteiger partial charge >= 0.3 is 0 Å². The van der Waals surface area contributed by atoms with Gasteiger partial charge in [-0.05, 0) is 62.2 Å². The van der Waals surface area contributed by atoms with Crippen molar-refractivity contribution in [2.24, 2.45) is 35.5 Å². The Hall–Kier alpha value is -1.13. The van der Waals surface area contributed by atoms with Crippen LogP contribution in [0.4, 0.5) is 0 Å². The van der Waals surface area contributed by atoms with E-state index in [0.717, 1.165) is 11.8 Å². The molecule has 4 aliphatic rings. The van der Waals surface area contributed by atoms with Gasteiger partial charge in [-0.25, -0.2) is 0 Å². The average molecular weight is 603 g/mol. The molecule has 0 radical (unpaired) electrons. The van der Waals surface area contributed by atoms with Crippen LogP contribution in [0.5, 0.6) is 0 Å². The van der Waals surface area contributed by atoms with Gasteiger partial charge in [-0.1, -0.05) is 175 Å². The lowest BCUT2D eigenvalue weighted by atomic mass is 9.79. The van der Waals surface area contributed by atoms with Gasteiger partial charge in [0, 0.05) is 11.8 Å². The highest BCUT2D eigenvalue weighted by molar-refractivity contribution is 6.83. The average Bonchev–Trinajstić information content (AvgIpc) is 3.14. The minimum absolute atomic E-state index is 0.697. The van der Waals surface area contributed by atoms with Crippen molar-refractivity contribution >= 4 is 16.1 Å². The zero-order chi connectivity index (χ0) is 30.3.